The molecule has 2 amide bonds. The molecule has 3 aliphatic rings. The number of hydrogen-bond donors (Lipinski definition) is 0. The minimum Gasteiger partial charge on any atom is -0.476 e. The third-order valence-corrected chi connectivity index (χ3v) is 7.37. The molecule has 0 spiro atoms. The van der Waals surface area contributed by atoms with Crippen LogP contribution in [0.2, 0.25) is 0 Å². The Morgan fingerprint density at radius 3 is 2.50 bits per heavy atom. The normalized spacial score (nSPS) is 20.3. The Kier molecular flexibility index (Phi) is 7.56. The average Bonchev–Trinajstić information content (AvgIpc) is 3.60. The predicted molar refractivity (Wildman–Crippen MR) is 135 cm³/mol. The van der Waals surface area contributed by atoms with Crippen LogP contribution in [0.15, 0.2) is 12.1 Å². The number of benzene rings is 1. The Morgan fingerprint density at radius 2 is 1.85 bits per heavy atom. The molecule has 0 N–H and O–H groups in total. The van der Waals surface area contributed by atoms with E-state index in [-0.39, 0.29) is 23.9 Å². The zero-order chi connectivity index (χ0) is 24.5. The molecule has 4 rings (SSSR count). The molecule has 1 aromatic carbocycles. The number of hydrogen-bond acceptors (Lipinski definition) is 4. The average molecular weight is 471 g/mol. The van der Waals surface area contributed by atoms with Crippen molar-refractivity contribution < 1.29 is 19.1 Å². The van der Waals surface area contributed by atoms with Gasteiger partial charge in [-0.2, -0.15) is 0 Å². The number of rotatable bonds is 9. The van der Waals surface area contributed by atoms with Gasteiger partial charge in [0.1, 0.15) is 5.75 Å². The Labute approximate surface area is 205 Å². The summed E-state index contributed by atoms with van der Waals surface area (Å²) in [6.07, 6.45) is 10.3. The van der Waals surface area contributed by atoms with Crippen molar-refractivity contribution in [1.29, 1.82) is 0 Å². The quantitative estimate of drug-likeness (QED) is 0.438. The minimum absolute atomic E-state index is 0.0571. The van der Waals surface area contributed by atoms with Crippen molar-refractivity contribution >= 4 is 17.5 Å². The van der Waals surface area contributed by atoms with Crippen LogP contribution in [0.1, 0.15) is 101 Å². The molecule has 0 bridgehead atoms. The van der Waals surface area contributed by atoms with E-state index in [0.29, 0.717) is 29.6 Å². The first-order valence-electron chi connectivity index (χ1n) is 13.3. The first-order chi connectivity index (χ1) is 16.2. The van der Waals surface area contributed by atoms with E-state index in [4.69, 9.17) is 9.47 Å². The highest BCUT2D eigenvalue weighted by molar-refractivity contribution is 6.05. The van der Waals surface area contributed by atoms with Crippen molar-refractivity contribution in [2.24, 2.45) is 0 Å². The predicted octanol–water partition coefficient (Wildman–Crippen LogP) is 5.64. The third kappa shape index (κ3) is 5.42. The Hall–Kier alpha value is -2.08. The van der Waals surface area contributed by atoms with Crippen LogP contribution in [-0.2, 0) is 9.53 Å². The van der Waals surface area contributed by atoms with Gasteiger partial charge in [-0.25, -0.2) is 0 Å². The summed E-state index contributed by atoms with van der Waals surface area (Å²) in [7, 11) is 0. The van der Waals surface area contributed by atoms with E-state index in [1.807, 2.05) is 37.8 Å². The van der Waals surface area contributed by atoms with E-state index in [1.54, 1.807) is 0 Å². The summed E-state index contributed by atoms with van der Waals surface area (Å²) in [6.45, 7) is 11.1. The molecule has 0 aromatic heterocycles. The topological polar surface area (TPSA) is 59.1 Å². The van der Waals surface area contributed by atoms with Gasteiger partial charge in [0.2, 0.25) is 0 Å². The monoisotopic (exact) mass is 470 g/mol. The SMILES string of the molecule is Cc1cc2c(cc1C(=O)N(C(C)C)C1CCCCC1)N(CCCCOC1CC1)C(=O)C(C)(C)O2. The van der Waals surface area contributed by atoms with Gasteiger partial charge < -0.3 is 19.3 Å². The first kappa shape index (κ1) is 25.0. The molecule has 6 heteroatoms. The number of amides is 2. The molecule has 2 fully saturated rings. The number of carbonyl (C=O) groups is 2. The molecule has 0 radical (unpaired) electrons. The zero-order valence-corrected chi connectivity index (χ0v) is 21.7. The van der Waals surface area contributed by atoms with E-state index < -0.39 is 5.60 Å². The molecule has 6 nitrogen and oxygen atoms in total. The molecule has 1 aromatic rings. The molecule has 2 aliphatic carbocycles. The van der Waals surface area contributed by atoms with Crippen LogP contribution in [0.25, 0.3) is 0 Å². The lowest BCUT2D eigenvalue weighted by atomic mass is 9.92. The molecular formula is C28H42N2O4. The molecule has 0 atom stereocenters. The molecule has 2 saturated carbocycles. The van der Waals surface area contributed by atoms with Crippen LogP contribution in [0.5, 0.6) is 5.75 Å². The maximum absolute atomic E-state index is 13.8. The van der Waals surface area contributed by atoms with E-state index in [1.165, 1.54) is 32.1 Å². The van der Waals surface area contributed by atoms with Crippen LogP contribution >= 0.6 is 0 Å². The largest absolute Gasteiger partial charge is 0.476 e. The zero-order valence-electron chi connectivity index (χ0n) is 21.7. The molecular weight excluding hydrogens is 428 g/mol. The van der Waals surface area contributed by atoms with Gasteiger partial charge in [-0.3, -0.25) is 9.59 Å². The number of anilines is 1. The summed E-state index contributed by atoms with van der Waals surface area (Å²) in [6, 6.07) is 4.26. The van der Waals surface area contributed by atoms with E-state index in [0.717, 1.165) is 37.9 Å². The molecule has 34 heavy (non-hydrogen) atoms. The van der Waals surface area contributed by atoms with E-state index >= 15 is 0 Å². The summed E-state index contributed by atoms with van der Waals surface area (Å²) >= 11 is 0. The van der Waals surface area contributed by atoms with Crippen LogP contribution in [-0.4, -0.2) is 53.7 Å². The fourth-order valence-electron chi connectivity index (χ4n) is 5.35. The number of nitrogens with zero attached hydrogens (tertiary/aromatic N) is 2. The first-order valence-corrected chi connectivity index (χ1v) is 13.3. The number of unbranched alkanes of at least 4 members (excludes halogenated alkanes) is 1. The molecule has 1 aliphatic heterocycles. The van der Waals surface area contributed by atoms with Gasteiger partial charge in [0, 0.05) is 30.8 Å². The van der Waals surface area contributed by atoms with Crippen molar-refractivity contribution in [2.45, 2.75) is 116 Å². The smallest absolute Gasteiger partial charge is 0.270 e. The molecule has 0 unspecified atom stereocenters. The third-order valence-electron chi connectivity index (χ3n) is 7.37. The lowest BCUT2D eigenvalue weighted by Crippen LogP contribution is -2.53. The van der Waals surface area contributed by atoms with Gasteiger partial charge in [-0.15, -0.1) is 0 Å². The van der Waals surface area contributed by atoms with Gasteiger partial charge in [0.15, 0.2) is 5.60 Å². The number of ether oxygens (including phenoxy) is 2. The molecule has 188 valence electrons. The summed E-state index contributed by atoms with van der Waals surface area (Å²) in [4.78, 5) is 31.1. The molecule has 1 heterocycles. The molecule has 0 saturated heterocycles. The summed E-state index contributed by atoms with van der Waals surface area (Å²) < 4.78 is 11.9. The van der Waals surface area contributed by atoms with Gasteiger partial charge in [0.25, 0.3) is 11.8 Å². The minimum atomic E-state index is -0.929. The van der Waals surface area contributed by atoms with Crippen molar-refractivity contribution in [3.05, 3.63) is 23.3 Å². The van der Waals surface area contributed by atoms with Crippen LogP contribution < -0.4 is 9.64 Å². The number of carbonyl (C=O) groups excluding carboxylic acids is 2. The lowest BCUT2D eigenvalue weighted by Gasteiger charge is -2.40. The fourth-order valence-corrected chi connectivity index (χ4v) is 5.35. The maximum Gasteiger partial charge on any atom is 0.270 e. The van der Waals surface area contributed by atoms with Gasteiger partial charge in [-0.1, -0.05) is 19.3 Å². The Morgan fingerprint density at radius 1 is 1.15 bits per heavy atom. The lowest BCUT2D eigenvalue weighted by molar-refractivity contribution is -0.132. The maximum atomic E-state index is 13.8. The van der Waals surface area contributed by atoms with Gasteiger partial charge >= 0.3 is 0 Å². The van der Waals surface area contributed by atoms with Gasteiger partial charge in [0.05, 0.1) is 11.8 Å². The van der Waals surface area contributed by atoms with Crippen LogP contribution in [0.3, 0.4) is 0 Å². The second-order valence-corrected chi connectivity index (χ2v) is 11.1. The Bertz CT molecular complexity index is 900. The Balaban J connectivity index is 1.58. The standard InChI is InChI=1S/C28H42N2O4/c1-19(2)30(21-11-7-6-8-12-21)26(31)23-18-24-25(17-20(23)3)34-28(4,5)27(32)29(24)15-9-10-16-33-22-13-14-22/h17-19,21-22H,6-16H2,1-5H3. The van der Waals surface area contributed by atoms with Crippen molar-refractivity contribution in [2.75, 3.05) is 18.1 Å². The summed E-state index contributed by atoms with van der Waals surface area (Å²) in [5, 5.41) is 0. The number of fused-ring (bicyclic) bond motifs is 1. The van der Waals surface area contributed by atoms with Crippen molar-refractivity contribution in [3.8, 4) is 5.75 Å². The van der Waals surface area contributed by atoms with Crippen LogP contribution in [0.4, 0.5) is 5.69 Å². The fraction of sp³-hybridized carbons (Fsp3) is 0.714. The van der Waals surface area contributed by atoms with Crippen molar-refractivity contribution in [1.82, 2.24) is 4.90 Å². The second-order valence-electron chi connectivity index (χ2n) is 11.1. The summed E-state index contributed by atoms with van der Waals surface area (Å²) in [5.74, 6) is 0.692. The van der Waals surface area contributed by atoms with Crippen LogP contribution in [0, 0.1) is 6.92 Å². The van der Waals surface area contributed by atoms with E-state index in [2.05, 4.69) is 18.7 Å². The highest BCUT2D eigenvalue weighted by Crippen LogP contribution is 2.40. The van der Waals surface area contributed by atoms with Crippen molar-refractivity contribution in [3.63, 3.8) is 0 Å². The summed E-state index contributed by atoms with van der Waals surface area (Å²) in [5.41, 5.74) is 1.36. The highest BCUT2D eigenvalue weighted by atomic mass is 16.5. The highest BCUT2D eigenvalue weighted by Gasteiger charge is 2.41. The van der Waals surface area contributed by atoms with Gasteiger partial charge in [-0.05, 0) is 90.8 Å². The second kappa shape index (κ2) is 10.3. The number of aryl methyl sites for hydroxylation is 1. The van der Waals surface area contributed by atoms with E-state index in [9.17, 15) is 9.59 Å².